The summed E-state index contributed by atoms with van der Waals surface area (Å²) in [5.41, 5.74) is 3.33. The molecular weight excluding hydrogens is 298 g/mol. The third-order valence-corrected chi connectivity index (χ3v) is 5.24. The quantitative estimate of drug-likeness (QED) is 0.701. The van der Waals surface area contributed by atoms with Gasteiger partial charge >= 0.3 is 0 Å². The Balaban J connectivity index is 2.06. The van der Waals surface area contributed by atoms with Gasteiger partial charge in [0.15, 0.2) is 4.34 Å². The largest absolute Gasteiger partial charge is 0.396 e. The van der Waals surface area contributed by atoms with Crippen LogP contribution in [0.15, 0.2) is 65.0 Å². The first kappa shape index (κ1) is 14.3. The van der Waals surface area contributed by atoms with Crippen molar-refractivity contribution < 1.29 is 5.11 Å². The van der Waals surface area contributed by atoms with Crippen LogP contribution in [0.4, 0.5) is 0 Å². The van der Waals surface area contributed by atoms with Crippen LogP contribution in [-0.2, 0) is 0 Å². The van der Waals surface area contributed by atoms with Gasteiger partial charge in [-0.3, -0.25) is 0 Å². The van der Waals surface area contributed by atoms with E-state index in [-0.39, 0.29) is 6.61 Å². The molecule has 0 atom stereocenters. The first-order valence-corrected chi connectivity index (χ1v) is 8.54. The van der Waals surface area contributed by atoms with Crippen LogP contribution < -0.4 is 0 Å². The van der Waals surface area contributed by atoms with Crippen molar-refractivity contribution in [1.82, 2.24) is 4.98 Å². The lowest BCUT2D eigenvalue weighted by Gasteiger charge is -2.02. The van der Waals surface area contributed by atoms with Gasteiger partial charge in [-0.2, -0.15) is 0 Å². The molecule has 2 nitrogen and oxygen atoms in total. The molecule has 0 radical (unpaired) electrons. The van der Waals surface area contributed by atoms with E-state index in [4.69, 9.17) is 10.1 Å². The van der Waals surface area contributed by atoms with E-state index in [9.17, 15) is 0 Å². The van der Waals surface area contributed by atoms with Crippen molar-refractivity contribution >= 4 is 23.1 Å². The number of hydrogen-bond donors (Lipinski definition) is 1. The predicted octanol–water partition coefficient (Wildman–Crippen LogP) is 4.56. The van der Waals surface area contributed by atoms with E-state index in [2.05, 4.69) is 24.3 Å². The molecule has 2 aromatic carbocycles. The van der Waals surface area contributed by atoms with Gasteiger partial charge in [0.2, 0.25) is 0 Å². The van der Waals surface area contributed by atoms with Gasteiger partial charge < -0.3 is 5.11 Å². The molecule has 0 aliphatic carbocycles. The summed E-state index contributed by atoms with van der Waals surface area (Å²) < 4.78 is 1.00. The molecule has 0 saturated carbocycles. The highest BCUT2D eigenvalue weighted by molar-refractivity contribution is 8.01. The number of thioether (sulfide) groups is 1. The topological polar surface area (TPSA) is 33.1 Å². The first-order chi connectivity index (χ1) is 10.4. The maximum atomic E-state index is 8.99. The maximum absolute atomic E-state index is 8.99. The van der Waals surface area contributed by atoms with Gasteiger partial charge in [-0.25, -0.2) is 4.98 Å². The highest BCUT2D eigenvalue weighted by Crippen LogP contribution is 2.39. The molecule has 0 aliphatic rings. The predicted molar refractivity (Wildman–Crippen MR) is 90.8 cm³/mol. The van der Waals surface area contributed by atoms with Crippen LogP contribution in [0.5, 0.6) is 0 Å². The molecule has 3 rings (SSSR count). The summed E-state index contributed by atoms with van der Waals surface area (Å²) in [7, 11) is 0. The van der Waals surface area contributed by atoms with Gasteiger partial charge in [-0.05, 0) is 5.56 Å². The lowest BCUT2D eigenvalue weighted by atomic mass is 10.1. The van der Waals surface area contributed by atoms with E-state index >= 15 is 0 Å². The molecule has 1 heterocycles. The van der Waals surface area contributed by atoms with E-state index < -0.39 is 0 Å². The second kappa shape index (κ2) is 6.89. The van der Waals surface area contributed by atoms with Crippen molar-refractivity contribution in [3.8, 4) is 21.7 Å². The Labute approximate surface area is 132 Å². The van der Waals surface area contributed by atoms with Crippen LogP contribution in [0, 0.1) is 0 Å². The number of aliphatic hydroxyl groups is 1. The minimum absolute atomic E-state index is 0.172. The minimum atomic E-state index is 0.172. The van der Waals surface area contributed by atoms with Crippen LogP contribution >= 0.6 is 23.1 Å². The maximum Gasteiger partial charge on any atom is 0.151 e. The van der Waals surface area contributed by atoms with Gasteiger partial charge in [0, 0.05) is 11.3 Å². The lowest BCUT2D eigenvalue weighted by Crippen LogP contribution is -1.85. The van der Waals surface area contributed by atoms with Crippen LogP contribution in [0.1, 0.15) is 0 Å². The Kier molecular flexibility index (Phi) is 4.70. The summed E-state index contributed by atoms with van der Waals surface area (Å²) in [5.74, 6) is 0.677. The Bertz CT molecular complexity index is 638. The van der Waals surface area contributed by atoms with E-state index in [0.717, 1.165) is 15.6 Å². The summed E-state index contributed by atoms with van der Waals surface area (Å²) in [6, 6.07) is 20.6. The fourth-order valence-corrected chi connectivity index (χ4v) is 4.06. The molecule has 3 aromatic rings. The van der Waals surface area contributed by atoms with Crippen LogP contribution in [0.3, 0.4) is 0 Å². The third-order valence-electron chi connectivity index (χ3n) is 3.01. The van der Waals surface area contributed by atoms with Gasteiger partial charge in [0.25, 0.3) is 0 Å². The zero-order chi connectivity index (χ0) is 14.5. The van der Waals surface area contributed by atoms with Crippen LogP contribution in [-0.4, -0.2) is 22.5 Å². The van der Waals surface area contributed by atoms with Crippen molar-refractivity contribution in [3.05, 3.63) is 60.7 Å². The monoisotopic (exact) mass is 313 g/mol. The summed E-state index contributed by atoms with van der Waals surface area (Å²) in [6.45, 7) is 0.172. The average Bonchev–Trinajstić information content (AvgIpc) is 2.99. The molecule has 21 heavy (non-hydrogen) atoms. The minimum Gasteiger partial charge on any atom is -0.396 e. The lowest BCUT2D eigenvalue weighted by molar-refractivity contribution is 0.322. The number of benzene rings is 2. The van der Waals surface area contributed by atoms with Gasteiger partial charge in [0.1, 0.15) is 0 Å². The van der Waals surface area contributed by atoms with Crippen LogP contribution in [0.2, 0.25) is 0 Å². The van der Waals surface area contributed by atoms with Crippen LogP contribution in [0.25, 0.3) is 21.7 Å². The Morgan fingerprint density at radius 2 is 1.52 bits per heavy atom. The van der Waals surface area contributed by atoms with Crippen molar-refractivity contribution in [2.75, 3.05) is 12.4 Å². The SMILES string of the molecule is OCCSc1nc(-c2ccccc2)c(-c2ccccc2)s1. The van der Waals surface area contributed by atoms with Gasteiger partial charge in [0.05, 0.1) is 17.2 Å². The zero-order valence-electron chi connectivity index (χ0n) is 11.4. The molecule has 106 valence electrons. The average molecular weight is 313 g/mol. The number of hydrogen-bond acceptors (Lipinski definition) is 4. The smallest absolute Gasteiger partial charge is 0.151 e. The van der Waals surface area contributed by atoms with Gasteiger partial charge in [-0.1, -0.05) is 72.4 Å². The Morgan fingerprint density at radius 1 is 0.905 bits per heavy atom. The molecule has 0 spiro atoms. The fourth-order valence-electron chi connectivity index (χ4n) is 2.07. The fraction of sp³-hybridized carbons (Fsp3) is 0.118. The van der Waals surface area contributed by atoms with E-state index in [1.54, 1.807) is 23.1 Å². The highest BCUT2D eigenvalue weighted by Gasteiger charge is 2.14. The Morgan fingerprint density at radius 3 is 2.14 bits per heavy atom. The molecule has 1 N–H and O–H groups in total. The van der Waals surface area contributed by atoms with Crippen molar-refractivity contribution in [2.24, 2.45) is 0 Å². The number of aliphatic hydroxyl groups excluding tert-OH is 1. The molecule has 4 heteroatoms. The summed E-state index contributed by atoms with van der Waals surface area (Å²) in [6.07, 6.45) is 0. The zero-order valence-corrected chi connectivity index (χ0v) is 13.0. The van der Waals surface area contributed by atoms with Crippen molar-refractivity contribution in [3.63, 3.8) is 0 Å². The number of aromatic nitrogens is 1. The van der Waals surface area contributed by atoms with Gasteiger partial charge in [-0.15, -0.1) is 11.3 Å². The molecule has 0 bridgehead atoms. The summed E-state index contributed by atoms with van der Waals surface area (Å²) >= 11 is 3.29. The molecule has 0 fully saturated rings. The number of rotatable bonds is 5. The molecule has 0 unspecified atom stereocenters. The van der Waals surface area contributed by atoms with E-state index in [0.29, 0.717) is 5.75 Å². The molecule has 0 amide bonds. The normalized spacial score (nSPS) is 10.7. The standard InChI is InChI=1S/C17H15NOS2/c19-11-12-20-17-18-15(13-7-3-1-4-8-13)16(21-17)14-9-5-2-6-10-14/h1-10,19H,11-12H2. The second-order valence-electron chi connectivity index (χ2n) is 4.46. The summed E-state index contributed by atoms with van der Waals surface area (Å²) in [4.78, 5) is 5.95. The second-order valence-corrected chi connectivity index (χ2v) is 6.80. The van der Waals surface area contributed by atoms with Crippen molar-refractivity contribution in [2.45, 2.75) is 4.34 Å². The number of nitrogens with zero attached hydrogens (tertiary/aromatic N) is 1. The number of thiazole rings is 1. The molecule has 0 aliphatic heterocycles. The highest BCUT2D eigenvalue weighted by atomic mass is 32.2. The van der Waals surface area contributed by atoms with E-state index in [1.165, 1.54) is 10.4 Å². The van der Waals surface area contributed by atoms with E-state index in [1.807, 2.05) is 36.4 Å². The summed E-state index contributed by atoms with van der Waals surface area (Å²) in [5, 5.41) is 8.99. The molecule has 0 saturated heterocycles. The third kappa shape index (κ3) is 3.35. The molecular formula is C17H15NOS2. The Hall–Kier alpha value is -1.62. The molecule has 1 aromatic heterocycles. The van der Waals surface area contributed by atoms with Crippen molar-refractivity contribution in [1.29, 1.82) is 0 Å². The first-order valence-electron chi connectivity index (χ1n) is 6.74.